The van der Waals surface area contributed by atoms with Crippen LogP contribution in [0.2, 0.25) is 0 Å². The highest BCUT2D eigenvalue weighted by atomic mass is 16.6. The van der Waals surface area contributed by atoms with Gasteiger partial charge in [0.1, 0.15) is 11.4 Å². The number of carbonyl (C=O) groups excluding carboxylic acids is 2. The first-order valence-electron chi connectivity index (χ1n) is 11.3. The Morgan fingerprint density at radius 2 is 1.85 bits per heavy atom. The average Bonchev–Trinajstić information content (AvgIpc) is 2.84. The van der Waals surface area contributed by atoms with Crippen molar-refractivity contribution in [3.8, 4) is 5.75 Å². The van der Waals surface area contributed by atoms with Gasteiger partial charge in [-0.2, -0.15) is 0 Å². The minimum absolute atomic E-state index is 0.0847. The summed E-state index contributed by atoms with van der Waals surface area (Å²) in [6.07, 6.45) is 6.35. The van der Waals surface area contributed by atoms with E-state index in [0.717, 1.165) is 32.1 Å². The Labute approximate surface area is 193 Å². The second-order valence-electron chi connectivity index (χ2n) is 7.94. The lowest BCUT2D eigenvalue weighted by atomic mass is 10.1. The molecule has 33 heavy (non-hydrogen) atoms. The van der Waals surface area contributed by atoms with Crippen LogP contribution >= 0.6 is 0 Å². The van der Waals surface area contributed by atoms with Crippen LogP contribution in [-0.4, -0.2) is 41.3 Å². The van der Waals surface area contributed by atoms with Gasteiger partial charge in [0, 0.05) is 30.8 Å². The van der Waals surface area contributed by atoms with Gasteiger partial charge in [-0.3, -0.25) is 19.7 Å². The van der Waals surface area contributed by atoms with Gasteiger partial charge in [0.2, 0.25) is 0 Å². The van der Waals surface area contributed by atoms with Gasteiger partial charge in [-0.05, 0) is 61.6 Å². The number of benzene rings is 2. The van der Waals surface area contributed by atoms with Crippen molar-refractivity contribution in [3.05, 3.63) is 75.5 Å². The summed E-state index contributed by atoms with van der Waals surface area (Å²) in [6, 6.07) is 12.7. The second kappa shape index (κ2) is 11.8. The number of nitrogens with one attached hydrogen (secondary N) is 1. The van der Waals surface area contributed by atoms with E-state index in [4.69, 9.17) is 4.74 Å². The topological polar surface area (TPSA) is 102 Å². The summed E-state index contributed by atoms with van der Waals surface area (Å²) in [7, 11) is 0. The molecule has 0 aromatic heterocycles. The van der Waals surface area contributed by atoms with Crippen molar-refractivity contribution in [2.75, 3.05) is 19.7 Å². The first-order chi connectivity index (χ1) is 16.0. The molecule has 0 bridgehead atoms. The number of carbonyl (C=O) groups is 2. The lowest BCUT2D eigenvalue weighted by molar-refractivity contribution is -0.384. The number of hydrogen-bond acceptors (Lipinski definition) is 5. The fraction of sp³-hybridized carbons (Fsp3) is 0.360. The smallest absolute Gasteiger partial charge is 0.270 e. The van der Waals surface area contributed by atoms with Crippen molar-refractivity contribution in [2.24, 2.45) is 0 Å². The van der Waals surface area contributed by atoms with Crippen molar-refractivity contribution in [2.45, 2.75) is 39.0 Å². The van der Waals surface area contributed by atoms with Crippen LogP contribution in [0, 0.1) is 10.1 Å². The van der Waals surface area contributed by atoms with Gasteiger partial charge < -0.3 is 15.0 Å². The third-order valence-electron chi connectivity index (χ3n) is 5.40. The maximum absolute atomic E-state index is 13.2. The van der Waals surface area contributed by atoms with Gasteiger partial charge in [-0.1, -0.05) is 25.5 Å². The van der Waals surface area contributed by atoms with Crippen molar-refractivity contribution in [1.82, 2.24) is 10.2 Å². The number of likely N-dealkylation sites (tertiary alicyclic amines) is 1. The van der Waals surface area contributed by atoms with Crippen molar-refractivity contribution < 1.29 is 19.2 Å². The van der Waals surface area contributed by atoms with E-state index in [0.29, 0.717) is 36.6 Å². The highest BCUT2D eigenvalue weighted by molar-refractivity contribution is 6.05. The van der Waals surface area contributed by atoms with E-state index in [1.165, 1.54) is 18.2 Å². The fourth-order valence-corrected chi connectivity index (χ4v) is 3.54. The number of unbranched alkanes of at least 4 members (excludes halogenated alkanes) is 1. The molecule has 3 rings (SSSR count). The summed E-state index contributed by atoms with van der Waals surface area (Å²) in [6.45, 7) is 3.93. The number of amides is 2. The standard InChI is InChI=1S/C25H29N3O5/c1-2-3-16-33-22-12-10-20(11-13-22)24(29)26-23(25(30)27-14-5-4-6-15-27)18-19-8-7-9-21(17-19)28(31)32/h7-13,17-18H,2-6,14-16H2,1H3,(H,26,29). The summed E-state index contributed by atoms with van der Waals surface area (Å²) in [5.74, 6) is -0.0528. The molecule has 0 unspecified atom stereocenters. The molecule has 8 nitrogen and oxygen atoms in total. The zero-order valence-corrected chi connectivity index (χ0v) is 18.8. The van der Waals surface area contributed by atoms with Gasteiger partial charge in [0.25, 0.3) is 17.5 Å². The Kier molecular flexibility index (Phi) is 8.57. The molecule has 2 amide bonds. The number of rotatable bonds is 9. The lowest BCUT2D eigenvalue weighted by Crippen LogP contribution is -2.41. The van der Waals surface area contributed by atoms with E-state index in [1.807, 2.05) is 0 Å². The van der Waals surface area contributed by atoms with E-state index in [2.05, 4.69) is 12.2 Å². The molecular formula is C25H29N3O5. The van der Waals surface area contributed by atoms with Crippen LogP contribution in [0.15, 0.2) is 54.2 Å². The van der Waals surface area contributed by atoms with Gasteiger partial charge in [-0.15, -0.1) is 0 Å². The number of ether oxygens (including phenoxy) is 1. The van der Waals surface area contributed by atoms with E-state index in [-0.39, 0.29) is 17.3 Å². The average molecular weight is 452 g/mol. The number of nitrogens with zero attached hydrogens (tertiary/aromatic N) is 2. The van der Waals surface area contributed by atoms with Crippen LogP contribution in [0.1, 0.15) is 54.9 Å². The summed E-state index contributed by atoms with van der Waals surface area (Å²) in [5, 5.41) is 13.8. The zero-order valence-electron chi connectivity index (χ0n) is 18.8. The third kappa shape index (κ3) is 6.90. The predicted molar refractivity (Wildman–Crippen MR) is 126 cm³/mol. The van der Waals surface area contributed by atoms with Crippen molar-refractivity contribution in [1.29, 1.82) is 0 Å². The number of nitro benzene ring substituents is 1. The summed E-state index contributed by atoms with van der Waals surface area (Å²) in [5.41, 5.74) is 0.850. The minimum atomic E-state index is -0.494. The Morgan fingerprint density at radius 1 is 1.12 bits per heavy atom. The normalized spacial score (nSPS) is 14.0. The van der Waals surface area contributed by atoms with Crippen LogP contribution in [0.5, 0.6) is 5.75 Å². The van der Waals surface area contributed by atoms with E-state index < -0.39 is 10.8 Å². The van der Waals surface area contributed by atoms with Crippen LogP contribution in [0.3, 0.4) is 0 Å². The van der Waals surface area contributed by atoms with Gasteiger partial charge in [-0.25, -0.2) is 0 Å². The maximum atomic E-state index is 13.2. The third-order valence-corrected chi connectivity index (χ3v) is 5.40. The van der Waals surface area contributed by atoms with Crippen LogP contribution in [-0.2, 0) is 4.79 Å². The molecule has 1 aliphatic heterocycles. The molecule has 174 valence electrons. The van der Waals surface area contributed by atoms with Crippen LogP contribution in [0.4, 0.5) is 5.69 Å². The molecule has 0 aliphatic carbocycles. The Bertz CT molecular complexity index is 1010. The summed E-state index contributed by atoms with van der Waals surface area (Å²) < 4.78 is 5.63. The SMILES string of the molecule is CCCCOc1ccc(C(=O)NC(=Cc2cccc([N+](=O)[O-])c2)C(=O)N2CCCCC2)cc1. The molecule has 1 aliphatic rings. The Balaban J connectivity index is 1.81. The van der Waals surface area contributed by atoms with E-state index in [1.54, 1.807) is 41.3 Å². The summed E-state index contributed by atoms with van der Waals surface area (Å²) >= 11 is 0. The molecule has 0 spiro atoms. The van der Waals surface area contributed by atoms with E-state index in [9.17, 15) is 19.7 Å². The van der Waals surface area contributed by atoms with Crippen LogP contribution in [0.25, 0.3) is 6.08 Å². The number of non-ortho nitro benzene ring substituents is 1. The number of hydrogen-bond donors (Lipinski definition) is 1. The second-order valence-corrected chi connectivity index (χ2v) is 7.94. The van der Waals surface area contributed by atoms with Crippen molar-refractivity contribution >= 4 is 23.6 Å². The molecule has 0 radical (unpaired) electrons. The highest BCUT2D eigenvalue weighted by Crippen LogP contribution is 2.18. The zero-order chi connectivity index (χ0) is 23.6. The first-order valence-corrected chi connectivity index (χ1v) is 11.3. The predicted octanol–water partition coefficient (Wildman–Crippen LogP) is 4.56. The molecule has 1 N–H and O–H groups in total. The molecule has 1 heterocycles. The lowest BCUT2D eigenvalue weighted by Gasteiger charge is -2.27. The molecule has 8 heteroatoms. The van der Waals surface area contributed by atoms with E-state index >= 15 is 0 Å². The molecular weight excluding hydrogens is 422 g/mol. The molecule has 0 atom stereocenters. The molecule has 0 saturated carbocycles. The Hall–Kier alpha value is -3.68. The number of nitro groups is 1. The van der Waals surface area contributed by atoms with Gasteiger partial charge in [0.05, 0.1) is 11.5 Å². The first kappa shape index (κ1) is 24.0. The molecule has 1 fully saturated rings. The molecule has 2 aromatic rings. The monoisotopic (exact) mass is 451 g/mol. The van der Waals surface area contributed by atoms with Crippen molar-refractivity contribution in [3.63, 3.8) is 0 Å². The molecule has 1 saturated heterocycles. The minimum Gasteiger partial charge on any atom is -0.494 e. The van der Waals surface area contributed by atoms with Gasteiger partial charge >= 0.3 is 0 Å². The highest BCUT2D eigenvalue weighted by Gasteiger charge is 2.22. The summed E-state index contributed by atoms with van der Waals surface area (Å²) in [4.78, 5) is 38.4. The van der Waals surface area contributed by atoms with Crippen LogP contribution < -0.4 is 10.1 Å². The maximum Gasteiger partial charge on any atom is 0.270 e. The number of piperidine rings is 1. The van der Waals surface area contributed by atoms with Gasteiger partial charge in [0.15, 0.2) is 0 Å². The largest absolute Gasteiger partial charge is 0.494 e. The fourth-order valence-electron chi connectivity index (χ4n) is 3.54. The quantitative estimate of drug-likeness (QED) is 0.261. The molecule has 2 aromatic carbocycles. The Morgan fingerprint density at radius 3 is 2.52 bits per heavy atom.